The number of hydrogen-bond donors (Lipinski definition) is 2. The highest BCUT2D eigenvalue weighted by atomic mass is 16.7. The van der Waals surface area contributed by atoms with Crippen molar-refractivity contribution < 1.29 is 9.47 Å². The molecule has 0 atom stereocenters. The number of nitriles is 2. The molecule has 0 spiro atoms. The second-order valence-electron chi connectivity index (χ2n) is 4.48. The second kappa shape index (κ2) is 4.72. The predicted octanol–water partition coefficient (Wildman–Crippen LogP) is 0.283. The summed E-state index contributed by atoms with van der Waals surface area (Å²) in [6, 6.07) is 8.49. The predicted molar refractivity (Wildman–Crippen MR) is 76.3 cm³/mol. The van der Waals surface area contributed by atoms with Crippen molar-refractivity contribution in [1.29, 1.82) is 10.5 Å². The number of aromatic nitrogens is 1. The van der Waals surface area contributed by atoms with Gasteiger partial charge in [-0.15, -0.1) is 0 Å². The molecule has 8 nitrogen and oxygen atoms in total. The molecule has 0 aliphatic carbocycles. The lowest BCUT2D eigenvalue weighted by atomic mass is 9.96. The van der Waals surface area contributed by atoms with Crippen LogP contribution >= 0.6 is 0 Å². The highest BCUT2D eigenvalue weighted by Gasteiger charge is 2.23. The molecule has 0 amide bonds. The Labute approximate surface area is 124 Å². The summed E-state index contributed by atoms with van der Waals surface area (Å²) < 4.78 is 11.1. The number of benzene rings is 1. The van der Waals surface area contributed by atoms with Crippen molar-refractivity contribution in [2.24, 2.45) is 0 Å². The van der Waals surface area contributed by atoms with E-state index in [9.17, 15) is 15.3 Å². The molecule has 1 aromatic carbocycles. The first-order valence-corrected chi connectivity index (χ1v) is 6.12. The monoisotopic (exact) mass is 295 g/mol. The Morgan fingerprint density at radius 2 is 1.82 bits per heavy atom. The van der Waals surface area contributed by atoms with Crippen LogP contribution in [0.15, 0.2) is 23.0 Å². The maximum atomic E-state index is 12.1. The minimum absolute atomic E-state index is 0.0440. The van der Waals surface area contributed by atoms with Crippen molar-refractivity contribution in [3.63, 3.8) is 0 Å². The molecule has 2 aromatic rings. The van der Waals surface area contributed by atoms with Crippen molar-refractivity contribution in [2.45, 2.75) is 0 Å². The van der Waals surface area contributed by atoms with E-state index < -0.39 is 5.56 Å². The lowest BCUT2D eigenvalue weighted by Gasteiger charge is -2.12. The van der Waals surface area contributed by atoms with E-state index in [-0.39, 0.29) is 29.3 Å². The van der Waals surface area contributed by atoms with Gasteiger partial charge in [-0.25, -0.2) is 4.68 Å². The number of anilines is 1. The average molecular weight is 295 g/mol. The molecule has 3 rings (SSSR count). The largest absolute Gasteiger partial charge is 0.454 e. The molecule has 22 heavy (non-hydrogen) atoms. The van der Waals surface area contributed by atoms with Crippen LogP contribution in [0.2, 0.25) is 0 Å². The van der Waals surface area contributed by atoms with Crippen molar-refractivity contribution in [3.8, 4) is 34.8 Å². The number of nitrogens with zero attached hydrogens (tertiary/aromatic N) is 3. The van der Waals surface area contributed by atoms with Gasteiger partial charge < -0.3 is 21.1 Å². The first-order valence-electron chi connectivity index (χ1n) is 6.12. The van der Waals surface area contributed by atoms with Gasteiger partial charge in [-0.2, -0.15) is 10.5 Å². The van der Waals surface area contributed by atoms with E-state index in [1.165, 1.54) is 0 Å². The Morgan fingerprint density at radius 3 is 2.50 bits per heavy atom. The van der Waals surface area contributed by atoms with Crippen LogP contribution in [-0.4, -0.2) is 11.5 Å². The van der Waals surface area contributed by atoms with Crippen LogP contribution in [-0.2, 0) is 0 Å². The topological polar surface area (TPSA) is 140 Å². The zero-order valence-corrected chi connectivity index (χ0v) is 11.2. The third kappa shape index (κ3) is 1.72. The van der Waals surface area contributed by atoms with Gasteiger partial charge in [0.05, 0.1) is 0 Å². The molecule has 0 bridgehead atoms. The normalized spacial score (nSPS) is 11.7. The van der Waals surface area contributed by atoms with E-state index >= 15 is 0 Å². The van der Waals surface area contributed by atoms with Gasteiger partial charge in [-0.05, 0) is 17.7 Å². The van der Waals surface area contributed by atoms with Crippen LogP contribution in [0.1, 0.15) is 11.1 Å². The van der Waals surface area contributed by atoms with Gasteiger partial charge in [0.15, 0.2) is 11.5 Å². The lowest BCUT2D eigenvalue weighted by Crippen LogP contribution is -2.33. The lowest BCUT2D eigenvalue weighted by molar-refractivity contribution is 0.174. The molecule has 0 radical (unpaired) electrons. The van der Waals surface area contributed by atoms with E-state index in [1.54, 1.807) is 24.3 Å². The van der Waals surface area contributed by atoms with E-state index in [4.69, 9.17) is 21.1 Å². The fraction of sp³-hybridized carbons (Fsp3) is 0.0714. The number of fused-ring (bicyclic) bond motifs is 1. The summed E-state index contributed by atoms with van der Waals surface area (Å²) >= 11 is 0. The van der Waals surface area contributed by atoms with Crippen LogP contribution < -0.4 is 26.6 Å². The highest BCUT2D eigenvalue weighted by molar-refractivity contribution is 5.81. The third-order valence-corrected chi connectivity index (χ3v) is 3.33. The maximum absolute atomic E-state index is 12.1. The van der Waals surface area contributed by atoms with Gasteiger partial charge >= 0.3 is 0 Å². The van der Waals surface area contributed by atoms with E-state index in [1.807, 2.05) is 6.07 Å². The van der Waals surface area contributed by atoms with Crippen molar-refractivity contribution in [2.75, 3.05) is 18.4 Å². The molecule has 8 heteroatoms. The SMILES string of the molecule is N#Cc1c(-c2ccc3c(c2)OCO3)c(C#N)c(=O)n(N)c1N. The van der Waals surface area contributed by atoms with Crippen LogP contribution in [0.4, 0.5) is 5.82 Å². The summed E-state index contributed by atoms with van der Waals surface area (Å²) in [5.74, 6) is 6.30. The molecule has 0 saturated heterocycles. The second-order valence-corrected chi connectivity index (χ2v) is 4.48. The number of ether oxygens (including phenoxy) is 2. The number of hydrogen-bond acceptors (Lipinski definition) is 7. The molecule has 1 aromatic heterocycles. The minimum Gasteiger partial charge on any atom is -0.454 e. The number of nitrogen functional groups attached to an aromatic ring is 2. The van der Waals surface area contributed by atoms with Gasteiger partial charge in [-0.3, -0.25) is 4.79 Å². The van der Waals surface area contributed by atoms with Crippen LogP contribution in [0, 0.1) is 22.7 Å². The Hall–Kier alpha value is -3.65. The van der Waals surface area contributed by atoms with E-state index in [2.05, 4.69) is 0 Å². The first-order chi connectivity index (χ1) is 10.6. The molecule has 0 fully saturated rings. The molecule has 0 saturated carbocycles. The van der Waals surface area contributed by atoms with E-state index in [0.29, 0.717) is 21.7 Å². The van der Waals surface area contributed by atoms with Crippen LogP contribution in [0.25, 0.3) is 11.1 Å². The fourth-order valence-corrected chi connectivity index (χ4v) is 2.27. The maximum Gasteiger partial charge on any atom is 0.289 e. The van der Waals surface area contributed by atoms with Crippen molar-refractivity contribution in [3.05, 3.63) is 39.7 Å². The number of rotatable bonds is 1. The van der Waals surface area contributed by atoms with Crippen molar-refractivity contribution >= 4 is 5.82 Å². The summed E-state index contributed by atoms with van der Waals surface area (Å²) in [4.78, 5) is 12.1. The first kappa shape index (κ1) is 13.3. The molecular weight excluding hydrogens is 286 g/mol. The molecular formula is C14H9N5O3. The summed E-state index contributed by atoms with van der Waals surface area (Å²) in [6.07, 6.45) is 0. The average Bonchev–Trinajstić information content (AvgIpc) is 3.00. The zero-order valence-electron chi connectivity index (χ0n) is 11.2. The summed E-state index contributed by atoms with van der Waals surface area (Å²) in [6.45, 7) is 0.0849. The summed E-state index contributed by atoms with van der Waals surface area (Å²) in [5.41, 5.74) is 5.22. The third-order valence-electron chi connectivity index (χ3n) is 3.33. The van der Waals surface area contributed by atoms with Crippen LogP contribution in [0.5, 0.6) is 11.5 Å². The molecule has 0 unspecified atom stereocenters. The Balaban J connectivity index is 2.38. The molecule has 1 aliphatic heterocycles. The Bertz CT molecular complexity index is 933. The standard InChI is InChI=1S/C14H9N5O3/c15-4-8-12(9(5-16)14(20)19(18)13(8)17)7-1-2-10-11(3-7)22-6-21-10/h1-3H,6,17-18H2. The van der Waals surface area contributed by atoms with Gasteiger partial charge in [0.1, 0.15) is 29.1 Å². The smallest absolute Gasteiger partial charge is 0.289 e. The fourth-order valence-electron chi connectivity index (χ4n) is 2.27. The molecule has 4 N–H and O–H groups in total. The summed E-state index contributed by atoms with van der Waals surface area (Å²) in [5, 5.41) is 18.6. The molecule has 1 aliphatic rings. The van der Waals surface area contributed by atoms with Crippen LogP contribution in [0.3, 0.4) is 0 Å². The number of pyridine rings is 1. The Kier molecular flexibility index (Phi) is 2.86. The molecule has 108 valence electrons. The van der Waals surface area contributed by atoms with Gasteiger partial charge in [-0.1, -0.05) is 6.07 Å². The van der Waals surface area contributed by atoms with Gasteiger partial charge in [0.2, 0.25) is 6.79 Å². The quantitative estimate of drug-likeness (QED) is 0.720. The summed E-state index contributed by atoms with van der Waals surface area (Å²) in [7, 11) is 0. The number of nitrogens with two attached hydrogens (primary N) is 2. The Morgan fingerprint density at radius 1 is 1.14 bits per heavy atom. The van der Waals surface area contributed by atoms with Gasteiger partial charge in [0.25, 0.3) is 5.56 Å². The van der Waals surface area contributed by atoms with Crippen molar-refractivity contribution in [1.82, 2.24) is 4.68 Å². The minimum atomic E-state index is -0.772. The zero-order chi connectivity index (χ0) is 15.9. The van der Waals surface area contributed by atoms with Gasteiger partial charge in [0, 0.05) is 5.56 Å². The van der Waals surface area contributed by atoms with E-state index in [0.717, 1.165) is 0 Å². The highest BCUT2D eigenvalue weighted by Crippen LogP contribution is 2.38. The molecule has 2 heterocycles.